The van der Waals surface area contributed by atoms with E-state index in [2.05, 4.69) is 15.4 Å². The van der Waals surface area contributed by atoms with Gasteiger partial charge in [-0.05, 0) is 37.0 Å². The molecule has 1 saturated carbocycles. The molecule has 1 aliphatic heterocycles. The molecule has 1 spiro atoms. The molecule has 2 aromatic heterocycles. The third-order valence-electron chi connectivity index (χ3n) is 6.29. The van der Waals surface area contributed by atoms with Gasteiger partial charge < -0.3 is 10.2 Å². The first-order valence-electron chi connectivity index (χ1n) is 10.3. The zero-order valence-corrected chi connectivity index (χ0v) is 17.0. The van der Waals surface area contributed by atoms with Gasteiger partial charge in [0.15, 0.2) is 0 Å². The molecule has 32 heavy (non-hydrogen) atoms. The highest BCUT2D eigenvalue weighted by molar-refractivity contribution is 6.01. The first-order valence-corrected chi connectivity index (χ1v) is 10.3. The Morgan fingerprint density at radius 2 is 1.97 bits per heavy atom. The van der Waals surface area contributed by atoms with Crippen LogP contribution in [0.5, 0.6) is 0 Å². The Hall–Kier alpha value is -3.43. The highest BCUT2D eigenvalue weighted by Gasteiger charge is 2.54. The summed E-state index contributed by atoms with van der Waals surface area (Å²) < 4.78 is 40.1. The molecule has 0 bridgehead atoms. The van der Waals surface area contributed by atoms with Gasteiger partial charge in [0.1, 0.15) is 0 Å². The van der Waals surface area contributed by atoms with Gasteiger partial charge in [-0.1, -0.05) is 6.07 Å². The van der Waals surface area contributed by atoms with Crippen molar-refractivity contribution in [3.05, 3.63) is 60.2 Å². The van der Waals surface area contributed by atoms with Crippen LogP contribution < -0.4 is 5.32 Å². The third kappa shape index (κ3) is 3.69. The topological polar surface area (TPSA) is 79.6 Å². The van der Waals surface area contributed by atoms with Gasteiger partial charge in [-0.3, -0.25) is 14.6 Å². The smallest absolute Gasteiger partial charge is 0.337 e. The second kappa shape index (κ2) is 7.32. The van der Waals surface area contributed by atoms with Gasteiger partial charge >= 0.3 is 6.18 Å². The van der Waals surface area contributed by atoms with E-state index in [1.807, 2.05) is 0 Å². The Kier molecular flexibility index (Phi) is 4.68. The van der Waals surface area contributed by atoms with Crippen molar-refractivity contribution in [1.29, 1.82) is 0 Å². The van der Waals surface area contributed by atoms with Crippen LogP contribution in [-0.2, 0) is 11.0 Å². The van der Waals surface area contributed by atoms with E-state index in [9.17, 15) is 22.8 Å². The number of hydrogen-bond acceptors (Lipinski definition) is 4. The molecule has 7 nitrogen and oxygen atoms in total. The standard InChI is InChI=1S/C22H20F3N5O2/c23-22(24,25)15-2-1-3-16(7-15)28-19(31)6-14-8-21(9-14)12-29(13-21)20(32)17-10-27-30-5-4-26-11-18(17)30/h1-5,7,10-11,14H,6,8-9,12-13H2,(H,28,31). The molecule has 1 aromatic carbocycles. The molecule has 0 unspecified atom stereocenters. The van der Waals surface area contributed by atoms with Crippen LogP contribution >= 0.6 is 0 Å². The molecule has 10 heteroatoms. The molecular formula is C22H20F3N5O2. The van der Waals surface area contributed by atoms with Crippen molar-refractivity contribution in [3.8, 4) is 0 Å². The molecule has 0 atom stereocenters. The number of carbonyl (C=O) groups is 2. The summed E-state index contributed by atoms with van der Waals surface area (Å²) in [5, 5.41) is 6.73. The first kappa shape index (κ1) is 20.5. The van der Waals surface area contributed by atoms with Crippen LogP contribution in [0.1, 0.15) is 35.2 Å². The fourth-order valence-electron chi connectivity index (χ4n) is 4.89. The molecule has 2 amide bonds. The molecule has 3 heterocycles. The molecule has 1 N–H and O–H groups in total. The number of fused-ring (bicyclic) bond motifs is 1. The number of likely N-dealkylation sites (tertiary alicyclic amines) is 1. The average molecular weight is 443 g/mol. The number of aromatic nitrogens is 3. The van der Waals surface area contributed by atoms with Gasteiger partial charge in [0, 0.05) is 43.0 Å². The van der Waals surface area contributed by atoms with E-state index < -0.39 is 11.7 Å². The molecule has 1 aliphatic carbocycles. The Morgan fingerprint density at radius 1 is 1.19 bits per heavy atom. The van der Waals surface area contributed by atoms with Crippen molar-refractivity contribution >= 4 is 23.0 Å². The fraction of sp³-hybridized carbons (Fsp3) is 0.364. The molecule has 1 saturated heterocycles. The van der Waals surface area contributed by atoms with Crippen LogP contribution in [0.3, 0.4) is 0 Å². The lowest BCUT2D eigenvalue weighted by Crippen LogP contribution is -2.63. The lowest BCUT2D eigenvalue weighted by molar-refractivity contribution is -0.137. The summed E-state index contributed by atoms with van der Waals surface area (Å²) in [6.07, 6.45) is 3.89. The average Bonchev–Trinajstić information content (AvgIpc) is 3.12. The Bertz CT molecular complexity index is 1190. The minimum absolute atomic E-state index is 0.0397. The quantitative estimate of drug-likeness (QED) is 0.668. The first-order chi connectivity index (χ1) is 15.2. The van der Waals surface area contributed by atoms with Crippen LogP contribution in [0, 0.1) is 11.3 Å². The second-order valence-electron chi connectivity index (χ2n) is 8.73. The molecule has 2 aliphatic rings. The van der Waals surface area contributed by atoms with Gasteiger partial charge in [0.05, 0.1) is 29.0 Å². The number of halogens is 3. The van der Waals surface area contributed by atoms with E-state index in [1.165, 1.54) is 12.1 Å². The number of alkyl halides is 3. The summed E-state index contributed by atoms with van der Waals surface area (Å²) >= 11 is 0. The third-order valence-corrected chi connectivity index (χ3v) is 6.29. The molecular weight excluding hydrogens is 423 g/mol. The maximum Gasteiger partial charge on any atom is 0.416 e. The monoisotopic (exact) mass is 443 g/mol. The number of nitrogens with zero attached hydrogens (tertiary/aromatic N) is 4. The maximum absolute atomic E-state index is 12.8. The van der Waals surface area contributed by atoms with Crippen LogP contribution in [0.2, 0.25) is 0 Å². The van der Waals surface area contributed by atoms with E-state index >= 15 is 0 Å². The Balaban J connectivity index is 1.12. The maximum atomic E-state index is 12.8. The number of amides is 2. The zero-order valence-electron chi connectivity index (χ0n) is 17.0. The van der Waals surface area contributed by atoms with Crippen LogP contribution in [0.4, 0.5) is 18.9 Å². The van der Waals surface area contributed by atoms with Gasteiger partial charge in [-0.15, -0.1) is 0 Å². The molecule has 0 radical (unpaired) electrons. The molecule has 166 valence electrons. The van der Waals surface area contributed by atoms with Crippen molar-refractivity contribution in [2.75, 3.05) is 18.4 Å². The van der Waals surface area contributed by atoms with Gasteiger partial charge in [0.2, 0.25) is 5.91 Å². The number of benzene rings is 1. The van der Waals surface area contributed by atoms with Gasteiger partial charge in [-0.2, -0.15) is 18.3 Å². The number of carbonyl (C=O) groups excluding carboxylic acids is 2. The summed E-state index contributed by atoms with van der Waals surface area (Å²) in [6.45, 7) is 1.27. The van der Waals surface area contributed by atoms with Crippen LogP contribution in [0.15, 0.2) is 49.1 Å². The number of rotatable bonds is 4. The van der Waals surface area contributed by atoms with Crippen molar-refractivity contribution in [2.45, 2.75) is 25.4 Å². The fourth-order valence-corrected chi connectivity index (χ4v) is 4.89. The predicted octanol–water partition coefficient (Wildman–Crippen LogP) is 3.63. The van der Waals surface area contributed by atoms with E-state index in [-0.39, 0.29) is 35.3 Å². The second-order valence-corrected chi connectivity index (χ2v) is 8.73. The highest BCUT2D eigenvalue weighted by atomic mass is 19.4. The van der Waals surface area contributed by atoms with Crippen molar-refractivity contribution in [3.63, 3.8) is 0 Å². The molecule has 3 aromatic rings. The van der Waals surface area contributed by atoms with Gasteiger partial charge in [-0.25, -0.2) is 4.52 Å². The highest BCUT2D eigenvalue weighted by Crippen LogP contribution is 2.53. The number of hydrogen-bond donors (Lipinski definition) is 1. The summed E-state index contributed by atoms with van der Waals surface area (Å²) in [5.74, 6) is -0.209. The van der Waals surface area contributed by atoms with Crippen molar-refractivity contribution in [1.82, 2.24) is 19.5 Å². The minimum atomic E-state index is -4.45. The zero-order chi connectivity index (χ0) is 22.5. The lowest BCUT2D eigenvalue weighted by atomic mass is 9.57. The summed E-state index contributed by atoms with van der Waals surface area (Å²) in [6, 6.07) is 4.63. The number of nitrogens with one attached hydrogen (secondary N) is 1. The van der Waals surface area contributed by atoms with Crippen molar-refractivity contribution < 1.29 is 22.8 Å². The normalized spacial score (nSPS) is 17.8. The van der Waals surface area contributed by atoms with Crippen molar-refractivity contribution in [2.24, 2.45) is 11.3 Å². The Morgan fingerprint density at radius 3 is 2.72 bits per heavy atom. The Labute approximate surface area is 181 Å². The minimum Gasteiger partial charge on any atom is -0.337 e. The largest absolute Gasteiger partial charge is 0.416 e. The van der Waals surface area contributed by atoms with Crippen LogP contribution in [0.25, 0.3) is 5.52 Å². The summed E-state index contributed by atoms with van der Waals surface area (Å²) in [7, 11) is 0. The molecule has 2 fully saturated rings. The van der Waals surface area contributed by atoms with Gasteiger partial charge in [0.25, 0.3) is 5.91 Å². The van der Waals surface area contributed by atoms with E-state index in [0.717, 1.165) is 25.0 Å². The van der Waals surface area contributed by atoms with E-state index in [0.29, 0.717) is 24.2 Å². The molecule has 5 rings (SSSR count). The summed E-state index contributed by atoms with van der Waals surface area (Å²) in [5.41, 5.74) is 0.569. The van der Waals surface area contributed by atoms with E-state index in [4.69, 9.17) is 0 Å². The summed E-state index contributed by atoms with van der Waals surface area (Å²) in [4.78, 5) is 30.9. The SMILES string of the molecule is O=C(CC1CC2(C1)CN(C(=O)c1cnn3ccncc13)C2)Nc1cccc(C(F)(F)F)c1. The predicted molar refractivity (Wildman–Crippen MR) is 109 cm³/mol. The van der Waals surface area contributed by atoms with Crippen LogP contribution in [-0.4, -0.2) is 44.4 Å². The lowest BCUT2D eigenvalue weighted by Gasteiger charge is -2.59. The number of anilines is 1. The van der Waals surface area contributed by atoms with E-state index in [1.54, 1.807) is 34.2 Å².